The lowest BCUT2D eigenvalue weighted by molar-refractivity contribution is 0.245. The number of aryl methyl sites for hydroxylation is 2. The number of hydrogen-bond acceptors (Lipinski definition) is 4. The lowest BCUT2D eigenvalue weighted by Crippen LogP contribution is -2.44. The van der Waals surface area contributed by atoms with Crippen molar-refractivity contribution in [3.05, 3.63) is 77.2 Å². The summed E-state index contributed by atoms with van der Waals surface area (Å²) in [5.74, 6) is 1.65. The molecule has 8 heteroatoms. The first kappa shape index (κ1) is 25.2. The summed E-state index contributed by atoms with van der Waals surface area (Å²) < 4.78 is 1.87. The van der Waals surface area contributed by atoms with Gasteiger partial charge in [-0.3, -0.25) is 9.89 Å². The van der Waals surface area contributed by atoms with E-state index in [0.717, 1.165) is 48.4 Å². The second-order valence-corrected chi connectivity index (χ2v) is 8.42. The fraction of sp³-hybridized carbons (Fsp3) is 0.400. The van der Waals surface area contributed by atoms with Crippen molar-refractivity contribution >= 4 is 29.9 Å². The van der Waals surface area contributed by atoms with E-state index < -0.39 is 0 Å². The van der Waals surface area contributed by atoms with Gasteiger partial charge in [-0.1, -0.05) is 36.4 Å². The molecular weight excluding hydrogens is 525 g/mol. The summed E-state index contributed by atoms with van der Waals surface area (Å²) in [7, 11) is 1.82. The van der Waals surface area contributed by atoms with E-state index >= 15 is 0 Å². The number of nitrogens with zero attached hydrogens (tertiary/aromatic N) is 5. The number of halogens is 1. The fourth-order valence-electron chi connectivity index (χ4n) is 4.28. The molecule has 0 spiro atoms. The smallest absolute Gasteiger partial charge is 0.191 e. The van der Waals surface area contributed by atoms with Crippen LogP contribution in [0.3, 0.4) is 0 Å². The number of rotatable bonds is 7. The third kappa shape index (κ3) is 6.77. The van der Waals surface area contributed by atoms with Gasteiger partial charge in [-0.05, 0) is 56.5 Å². The molecule has 1 atom stereocenters. The SMILES string of the molecule is CN=C(NCc1ccc(-n2nc(C)cc2C)nc1)NCC1CCCN1Cc1ccccc1.I. The Kier molecular flexibility index (Phi) is 9.25. The van der Waals surface area contributed by atoms with Gasteiger partial charge in [0.25, 0.3) is 0 Å². The Labute approximate surface area is 213 Å². The molecule has 0 aliphatic carbocycles. The first-order chi connectivity index (χ1) is 15.6. The van der Waals surface area contributed by atoms with Gasteiger partial charge in [-0.2, -0.15) is 5.10 Å². The molecule has 3 aromatic rings. The molecule has 2 N–H and O–H groups in total. The average molecular weight is 560 g/mol. The van der Waals surface area contributed by atoms with Crippen LogP contribution < -0.4 is 10.6 Å². The van der Waals surface area contributed by atoms with Crippen LogP contribution >= 0.6 is 24.0 Å². The number of hydrogen-bond donors (Lipinski definition) is 2. The predicted octanol–water partition coefficient (Wildman–Crippen LogP) is 3.83. The van der Waals surface area contributed by atoms with Gasteiger partial charge in [-0.25, -0.2) is 9.67 Å². The van der Waals surface area contributed by atoms with Crippen molar-refractivity contribution in [1.82, 2.24) is 30.3 Å². The predicted molar refractivity (Wildman–Crippen MR) is 144 cm³/mol. The molecule has 0 bridgehead atoms. The summed E-state index contributed by atoms with van der Waals surface area (Å²) >= 11 is 0. The Morgan fingerprint density at radius 1 is 1.09 bits per heavy atom. The van der Waals surface area contributed by atoms with Crippen LogP contribution in [-0.2, 0) is 13.1 Å². The largest absolute Gasteiger partial charge is 0.355 e. The fourth-order valence-corrected chi connectivity index (χ4v) is 4.28. The summed E-state index contributed by atoms with van der Waals surface area (Å²) in [4.78, 5) is 11.5. The van der Waals surface area contributed by atoms with E-state index in [1.54, 1.807) is 0 Å². The molecule has 4 rings (SSSR count). The van der Waals surface area contributed by atoms with Gasteiger partial charge in [0.2, 0.25) is 0 Å². The minimum atomic E-state index is 0. The molecule has 0 radical (unpaired) electrons. The van der Waals surface area contributed by atoms with Crippen LogP contribution in [0, 0.1) is 13.8 Å². The zero-order valence-electron chi connectivity index (χ0n) is 19.7. The molecule has 1 aromatic carbocycles. The van der Waals surface area contributed by atoms with E-state index in [0.29, 0.717) is 12.6 Å². The van der Waals surface area contributed by atoms with Gasteiger partial charge < -0.3 is 10.6 Å². The molecule has 0 saturated carbocycles. The Bertz CT molecular complexity index is 1030. The molecule has 1 unspecified atom stereocenters. The normalized spacial score (nSPS) is 16.5. The van der Waals surface area contributed by atoms with Gasteiger partial charge in [0.1, 0.15) is 0 Å². The van der Waals surface area contributed by atoms with Gasteiger partial charge in [-0.15, -0.1) is 24.0 Å². The summed E-state index contributed by atoms with van der Waals surface area (Å²) in [5, 5.41) is 11.4. The number of aromatic nitrogens is 3. The number of pyridine rings is 1. The zero-order chi connectivity index (χ0) is 22.3. The quantitative estimate of drug-likeness (QED) is 0.262. The van der Waals surface area contributed by atoms with Crippen LogP contribution in [0.1, 0.15) is 35.4 Å². The van der Waals surface area contributed by atoms with Crippen LogP contribution in [-0.4, -0.2) is 51.8 Å². The van der Waals surface area contributed by atoms with Crippen molar-refractivity contribution in [2.24, 2.45) is 4.99 Å². The van der Waals surface area contributed by atoms with Crippen molar-refractivity contribution in [2.75, 3.05) is 20.1 Å². The standard InChI is InChI=1S/C25H33N7.HI/c1-19-14-20(2)32(30-19)24-12-11-22(15-27-24)16-28-25(26-3)29-17-23-10-7-13-31(23)18-21-8-5-4-6-9-21;/h4-6,8-9,11-12,14-15,23H,7,10,13,16-18H2,1-3H3,(H2,26,28,29);1H. The summed E-state index contributed by atoms with van der Waals surface area (Å²) in [5.41, 5.74) is 4.55. The maximum absolute atomic E-state index is 4.58. The molecule has 3 heterocycles. The van der Waals surface area contributed by atoms with Gasteiger partial charge in [0, 0.05) is 44.6 Å². The lowest BCUT2D eigenvalue weighted by Gasteiger charge is -2.25. The molecule has 2 aromatic heterocycles. The Balaban J connectivity index is 0.00000306. The van der Waals surface area contributed by atoms with E-state index in [1.807, 2.05) is 37.8 Å². The third-order valence-electron chi connectivity index (χ3n) is 5.95. The highest BCUT2D eigenvalue weighted by Crippen LogP contribution is 2.19. The van der Waals surface area contributed by atoms with Crippen molar-refractivity contribution < 1.29 is 0 Å². The molecule has 1 aliphatic rings. The highest BCUT2D eigenvalue weighted by molar-refractivity contribution is 14.0. The van der Waals surface area contributed by atoms with Crippen LogP contribution in [0.15, 0.2) is 59.7 Å². The second kappa shape index (κ2) is 12.1. The van der Waals surface area contributed by atoms with Crippen LogP contribution in [0.4, 0.5) is 0 Å². The Morgan fingerprint density at radius 3 is 2.58 bits per heavy atom. The number of likely N-dealkylation sites (tertiary alicyclic amines) is 1. The van der Waals surface area contributed by atoms with Crippen molar-refractivity contribution in [3.8, 4) is 5.82 Å². The minimum absolute atomic E-state index is 0. The first-order valence-corrected chi connectivity index (χ1v) is 11.3. The maximum atomic E-state index is 4.58. The second-order valence-electron chi connectivity index (χ2n) is 8.42. The van der Waals surface area contributed by atoms with E-state index in [4.69, 9.17) is 0 Å². The molecule has 33 heavy (non-hydrogen) atoms. The summed E-state index contributed by atoms with van der Waals surface area (Å²) in [6.07, 6.45) is 4.36. The number of guanidine groups is 1. The monoisotopic (exact) mass is 559 g/mol. The molecule has 7 nitrogen and oxygen atoms in total. The van der Waals surface area contributed by atoms with Crippen molar-refractivity contribution in [1.29, 1.82) is 0 Å². The highest BCUT2D eigenvalue weighted by Gasteiger charge is 2.24. The van der Waals surface area contributed by atoms with E-state index in [1.165, 1.54) is 18.4 Å². The van der Waals surface area contributed by atoms with Crippen LogP contribution in [0.5, 0.6) is 0 Å². The highest BCUT2D eigenvalue weighted by atomic mass is 127. The summed E-state index contributed by atoms with van der Waals surface area (Å²) in [6, 6.07) is 17.4. The van der Waals surface area contributed by atoms with E-state index in [-0.39, 0.29) is 24.0 Å². The first-order valence-electron chi connectivity index (χ1n) is 11.3. The summed E-state index contributed by atoms with van der Waals surface area (Å²) in [6.45, 7) is 7.75. The third-order valence-corrected chi connectivity index (χ3v) is 5.95. The Morgan fingerprint density at radius 2 is 1.91 bits per heavy atom. The molecule has 1 aliphatic heterocycles. The molecule has 176 valence electrons. The number of nitrogens with one attached hydrogen (secondary N) is 2. The van der Waals surface area contributed by atoms with Crippen LogP contribution in [0.25, 0.3) is 5.82 Å². The zero-order valence-corrected chi connectivity index (χ0v) is 22.0. The molecular formula is C25H34IN7. The Hall–Kier alpha value is -2.46. The molecule has 1 saturated heterocycles. The van der Waals surface area contributed by atoms with E-state index in [2.05, 4.69) is 73.1 Å². The van der Waals surface area contributed by atoms with Gasteiger partial charge in [0.15, 0.2) is 11.8 Å². The van der Waals surface area contributed by atoms with E-state index in [9.17, 15) is 0 Å². The minimum Gasteiger partial charge on any atom is -0.355 e. The number of benzene rings is 1. The van der Waals surface area contributed by atoms with Crippen molar-refractivity contribution in [3.63, 3.8) is 0 Å². The van der Waals surface area contributed by atoms with Gasteiger partial charge in [0.05, 0.1) is 5.69 Å². The van der Waals surface area contributed by atoms with Gasteiger partial charge >= 0.3 is 0 Å². The van der Waals surface area contributed by atoms with Crippen LogP contribution in [0.2, 0.25) is 0 Å². The topological polar surface area (TPSA) is 70.4 Å². The molecule has 0 amide bonds. The average Bonchev–Trinajstić information content (AvgIpc) is 3.40. The number of aliphatic imine (C=N–C) groups is 1. The maximum Gasteiger partial charge on any atom is 0.191 e. The molecule has 1 fully saturated rings. The van der Waals surface area contributed by atoms with Crippen molar-refractivity contribution in [2.45, 2.75) is 45.8 Å². The lowest BCUT2D eigenvalue weighted by atomic mass is 10.2.